The van der Waals surface area contributed by atoms with E-state index in [1.807, 2.05) is 28.8 Å². The molecule has 0 aliphatic rings. The molecule has 0 saturated carbocycles. The lowest BCUT2D eigenvalue weighted by atomic mass is 10.0. The van der Waals surface area contributed by atoms with Gasteiger partial charge in [-0.15, -0.1) is 0 Å². The third-order valence-corrected chi connectivity index (χ3v) is 5.78. The van der Waals surface area contributed by atoms with Crippen LogP contribution < -0.4 is 5.11 Å². The Kier molecular flexibility index (Phi) is 8.24. The lowest BCUT2D eigenvalue weighted by Crippen LogP contribution is -2.29. The second kappa shape index (κ2) is 10.9. The zero-order chi connectivity index (χ0) is 24.1. The third-order valence-electron chi connectivity index (χ3n) is 5.28. The van der Waals surface area contributed by atoms with Crippen LogP contribution in [0.5, 0.6) is 0 Å². The van der Waals surface area contributed by atoms with E-state index in [2.05, 4.69) is 35.8 Å². The van der Waals surface area contributed by atoms with Crippen molar-refractivity contribution in [2.24, 2.45) is 0 Å². The van der Waals surface area contributed by atoms with Gasteiger partial charge in [0.2, 0.25) is 0 Å². The van der Waals surface area contributed by atoms with Crippen molar-refractivity contribution in [2.75, 3.05) is 0 Å². The van der Waals surface area contributed by atoms with Crippen molar-refractivity contribution in [2.45, 2.75) is 44.8 Å². The van der Waals surface area contributed by atoms with Crippen LogP contribution in [0, 0.1) is 5.82 Å². The molecule has 1 heterocycles. The molecule has 0 radical (unpaired) electrons. The van der Waals surface area contributed by atoms with Gasteiger partial charge in [0.15, 0.2) is 0 Å². The molecule has 1 aromatic heterocycles. The molecule has 0 spiro atoms. The van der Waals surface area contributed by atoms with E-state index in [1.165, 1.54) is 18.2 Å². The first-order valence-electron chi connectivity index (χ1n) is 10.7. The van der Waals surface area contributed by atoms with Gasteiger partial charge in [-0.3, -0.25) is 0 Å². The molecule has 7 heteroatoms. The fourth-order valence-corrected chi connectivity index (χ4v) is 4.15. The number of benzene rings is 2. The fourth-order valence-electron chi connectivity index (χ4n) is 3.75. The molecule has 2 N–H and O–H groups in total. The predicted octanol–water partition coefficient (Wildman–Crippen LogP) is 4.57. The molecule has 0 amide bonds. The van der Waals surface area contributed by atoms with Gasteiger partial charge in [-0.05, 0) is 65.6 Å². The number of hydrogen-bond acceptors (Lipinski definition) is 4. The molecular weight excluding hydrogens is 489 g/mol. The standard InChI is InChI=1S/C26H27BrFNO4/c1-16(2)24-15-23(18-4-3-5-19(27)12-18)26(17-6-8-20(28)9-7-17)29(24)11-10-21(30)13-22(31)14-25(32)33/h3-12,15-16,21-22,30-31H,13-14H2,1-2H3,(H,32,33)/p-1/b11-10+/t21-,22-/m1/s1. The molecule has 0 unspecified atom stereocenters. The summed E-state index contributed by atoms with van der Waals surface area (Å²) in [6.45, 7) is 4.11. The molecule has 0 fully saturated rings. The zero-order valence-corrected chi connectivity index (χ0v) is 20.0. The number of aliphatic hydroxyl groups is 2. The Morgan fingerprint density at radius 2 is 1.82 bits per heavy atom. The molecule has 3 rings (SSSR count). The maximum absolute atomic E-state index is 13.6. The van der Waals surface area contributed by atoms with Crippen molar-refractivity contribution < 1.29 is 24.5 Å². The number of carboxylic acids is 1. The smallest absolute Gasteiger partial charge is 0.123 e. The number of halogens is 2. The summed E-state index contributed by atoms with van der Waals surface area (Å²) in [5.41, 5.74) is 4.53. The van der Waals surface area contributed by atoms with E-state index in [0.717, 1.165) is 32.6 Å². The summed E-state index contributed by atoms with van der Waals surface area (Å²) in [5, 5.41) is 30.8. The minimum Gasteiger partial charge on any atom is -0.550 e. The molecule has 0 aliphatic heterocycles. The number of aromatic nitrogens is 1. The highest BCUT2D eigenvalue weighted by atomic mass is 79.9. The Morgan fingerprint density at radius 3 is 2.42 bits per heavy atom. The molecule has 0 aliphatic carbocycles. The topological polar surface area (TPSA) is 85.5 Å². The van der Waals surface area contributed by atoms with Crippen molar-refractivity contribution in [1.29, 1.82) is 0 Å². The number of carbonyl (C=O) groups is 1. The lowest BCUT2D eigenvalue weighted by molar-refractivity contribution is -0.307. The molecule has 33 heavy (non-hydrogen) atoms. The average Bonchev–Trinajstić information content (AvgIpc) is 3.12. The van der Waals surface area contributed by atoms with E-state index >= 15 is 0 Å². The van der Waals surface area contributed by atoms with E-state index in [9.17, 15) is 24.5 Å². The normalized spacial score (nSPS) is 13.5. The van der Waals surface area contributed by atoms with Gasteiger partial charge in [0.25, 0.3) is 0 Å². The predicted molar refractivity (Wildman–Crippen MR) is 129 cm³/mol. The molecule has 2 atom stereocenters. The van der Waals surface area contributed by atoms with Crippen LogP contribution in [0.2, 0.25) is 0 Å². The molecule has 0 bridgehead atoms. The van der Waals surface area contributed by atoms with E-state index in [-0.39, 0.29) is 18.2 Å². The maximum atomic E-state index is 13.6. The zero-order valence-electron chi connectivity index (χ0n) is 18.4. The summed E-state index contributed by atoms with van der Waals surface area (Å²) >= 11 is 3.52. The van der Waals surface area contributed by atoms with Crippen LogP contribution >= 0.6 is 15.9 Å². The molecule has 0 saturated heterocycles. The fraction of sp³-hybridized carbons (Fsp3) is 0.269. The van der Waals surface area contributed by atoms with E-state index in [1.54, 1.807) is 18.3 Å². The van der Waals surface area contributed by atoms with Crippen LogP contribution in [0.3, 0.4) is 0 Å². The second-order valence-corrected chi connectivity index (χ2v) is 9.16. The molecule has 3 aromatic rings. The number of rotatable bonds is 9. The largest absolute Gasteiger partial charge is 0.550 e. The minimum atomic E-state index is -1.37. The molecule has 2 aromatic carbocycles. The number of carboxylic acid groups (broad SMARTS) is 1. The number of nitrogens with zero attached hydrogens (tertiary/aromatic N) is 1. The summed E-state index contributed by atoms with van der Waals surface area (Å²) < 4.78 is 16.5. The van der Waals surface area contributed by atoms with Crippen LogP contribution in [0.1, 0.15) is 38.3 Å². The Morgan fingerprint density at radius 1 is 1.12 bits per heavy atom. The Hall–Kier alpha value is -2.74. The van der Waals surface area contributed by atoms with Gasteiger partial charge in [-0.2, -0.15) is 0 Å². The highest BCUT2D eigenvalue weighted by Gasteiger charge is 2.19. The van der Waals surface area contributed by atoms with E-state index in [4.69, 9.17) is 0 Å². The second-order valence-electron chi connectivity index (χ2n) is 8.25. The lowest BCUT2D eigenvalue weighted by Gasteiger charge is -2.16. The van der Waals surface area contributed by atoms with Crippen LogP contribution in [0.15, 0.2) is 65.1 Å². The van der Waals surface area contributed by atoms with Gasteiger partial charge in [-0.25, -0.2) is 4.39 Å². The third kappa shape index (κ3) is 6.41. The van der Waals surface area contributed by atoms with Gasteiger partial charge < -0.3 is 24.7 Å². The Bertz CT molecular complexity index is 1140. The van der Waals surface area contributed by atoms with Gasteiger partial charge >= 0.3 is 0 Å². The highest BCUT2D eigenvalue weighted by molar-refractivity contribution is 9.10. The van der Waals surface area contributed by atoms with Crippen molar-refractivity contribution in [1.82, 2.24) is 4.57 Å². The van der Waals surface area contributed by atoms with Gasteiger partial charge in [-0.1, -0.05) is 41.9 Å². The number of carbonyl (C=O) groups excluding carboxylic acids is 1. The number of aliphatic carboxylic acids is 1. The first kappa shape index (κ1) is 24.9. The van der Waals surface area contributed by atoms with Crippen LogP contribution in [-0.4, -0.2) is 33.0 Å². The number of hydrogen-bond donors (Lipinski definition) is 2. The van der Waals surface area contributed by atoms with Gasteiger partial charge in [0.1, 0.15) is 5.82 Å². The first-order chi connectivity index (χ1) is 15.7. The van der Waals surface area contributed by atoms with Crippen LogP contribution in [0.25, 0.3) is 28.6 Å². The average molecular weight is 515 g/mol. The molecule has 174 valence electrons. The summed E-state index contributed by atoms with van der Waals surface area (Å²) in [4.78, 5) is 10.7. The van der Waals surface area contributed by atoms with Gasteiger partial charge in [0.05, 0.1) is 17.9 Å². The van der Waals surface area contributed by atoms with E-state index < -0.39 is 24.6 Å². The summed E-state index contributed by atoms with van der Waals surface area (Å²) in [5.74, 6) is -1.57. The highest BCUT2D eigenvalue weighted by Crippen LogP contribution is 2.38. The quantitative estimate of drug-likeness (QED) is 0.437. The van der Waals surface area contributed by atoms with Crippen LogP contribution in [0.4, 0.5) is 4.39 Å². The SMILES string of the molecule is CC(C)c1cc(-c2cccc(Br)c2)c(-c2ccc(F)cc2)n1/C=C/[C@@H](O)C[C@@H](O)CC(=O)[O-]. The van der Waals surface area contributed by atoms with Crippen molar-refractivity contribution in [3.8, 4) is 22.4 Å². The van der Waals surface area contributed by atoms with E-state index in [0.29, 0.717) is 0 Å². The van der Waals surface area contributed by atoms with Crippen molar-refractivity contribution >= 4 is 28.1 Å². The Balaban J connectivity index is 2.11. The summed E-state index contributed by atoms with van der Waals surface area (Å²) in [6, 6.07) is 16.2. The van der Waals surface area contributed by atoms with Crippen molar-refractivity contribution in [3.63, 3.8) is 0 Å². The summed E-state index contributed by atoms with van der Waals surface area (Å²) in [7, 11) is 0. The van der Waals surface area contributed by atoms with Crippen LogP contribution in [-0.2, 0) is 4.79 Å². The van der Waals surface area contributed by atoms with Crippen molar-refractivity contribution in [3.05, 3.63) is 76.7 Å². The minimum absolute atomic E-state index is 0.132. The Labute approximate surface area is 201 Å². The first-order valence-corrected chi connectivity index (χ1v) is 11.5. The summed E-state index contributed by atoms with van der Waals surface area (Å²) in [6.07, 6.45) is 0.288. The maximum Gasteiger partial charge on any atom is 0.123 e. The molecular formula is C26H26BrFNO4-. The molecule has 5 nitrogen and oxygen atoms in total. The monoisotopic (exact) mass is 514 g/mol. The van der Waals surface area contributed by atoms with Gasteiger partial charge in [0, 0.05) is 40.7 Å². The number of aliphatic hydroxyl groups excluding tert-OH is 2.